The van der Waals surface area contributed by atoms with Crippen molar-refractivity contribution in [3.8, 4) is 0 Å². The van der Waals surface area contributed by atoms with E-state index < -0.39 is 0 Å². The summed E-state index contributed by atoms with van der Waals surface area (Å²) in [5.74, 6) is -0.162. The zero-order valence-electron chi connectivity index (χ0n) is 14.0. The Kier molecular flexibility index (Phi) is 6.92. The Morgan fingerprint density at radius 3 is 2.79 bits per heavy atom. The lowest BCUT2D eigenvalue weighted by molar-refractivity contribution is -0.115. The topological polar surface area (TPSA) is 101 Å². The molecule has 0 fully saturated rings. The molecule has 0 aliphatic rings. The first kappa shape index (κ1) is 18.6. The molecule has 0 saturated carbocycles. The van der Waals surface area contributed by atoms with Crippen LogP contribution in [0, 0.1) is 0 Å². The molecule has 24 heavy (non-hydrogen) atoms. The third-order valence-corrected chi connectivity index (χ3v) is 5.43. The number of hydrogen-bond acceptors (Lipinski definition) is 7. The SMILES string of the molecule is CCCc1cc(=O)[nH]c(SC(CC)C(=O)Nc2nnc(CC)s2)n1. The van der Waals surface area contributed by atoms with E-state index in [4.69, 9.17) is 0 Å². The average molecular weight is 368 g/mol. The van der Waals surface area contributed by atoms with Crippen molar-refractivity contribution in [2.24, 2.45) is 0 Å². The number of nitrogens with one attached hydrogen (secondary N) is 2. The first-order chi connectivity index (χ1) is 11.5. The zero-order chi connectivity index (χ0) is 17.5. The highest BCUT2D eigenvalue weighted by Crippen LogP contribution is 2.24. The third-order valence-electron chi connectivity index (χ3n) is 3.20. The lowest BCUT2D eigenvalue weighted by Gasteiger charge is -2.12. The summed E-state index contributed by atoms with van der Waals surface area (Å²) in [5, 5.41) is 12.2. The Hall–Kier alpha value is -1.74. The molecule has 0 spiro atoms. The zero-order valence-corrected chi connectivity index (χ0v) is 15.6. The molecule has 0 aliphatic carbocycles. The normalized spacial score (nSPS) is 12.1. The van der Waals surface area contributed by atoms with Crippen LogP contribution in [0.25, 0.3) is 0 Å². The summed E-state index contributed by atoms with van der Waals surface area (Å²) in [6.07, 6.45) is 3.05. The minimum absolute atomic E-state index is 0.162. The fourth-order valence-corrected chi connectivity index (χ4v) is 3.63. The molecule has 0 radical (unpaired) electrons. The van der Waals surface area contributed by atoms with Gasteiger partial charge < -0.3 is 4.98 Å². The van der Waals surface area contributed by atoms with E-state index in [0.29, 0.717) is 16.7 Å². The molecule has 1 atom stereocenters. The van der Waals surface area contributed by atoms with Crippen LogP contribution in [0.3, 0.4) is 0 Å². The Morgan fingerprint density at radius 1 is 1.38 bits per heavy atom. The van der Waals surface area contributed by atoms with Crippen molar-refractivity contribution in [1.29, 1.82) is 0 Å². The van der Waals surface area contributed by atoms with Gasteiger partial charge in [-0.05, 0) is 19.3 Å². The number of amides is 1. The molecule has 2 heterocycles. The first-order valence-electron chi connectivity index (χ1n) is 7.95. The summed E-state index contributed by atoms with van der Waals surface area (Å²) < 4.78 is 0. The number of carbonyl (C=O) groups excluding carboxylic acids is 1. The van der Waals surface area contributed by atoms with Crippen molar-refractivity contribution in [2.75, 3.05) is 5.32 Å². The molecule has 0 aliphatic heterocycles. The maximum atomic E-state index is 12.4. The van der Waals surface area contributed by atoms with Gasteiger partial charge in [-0.2, -0.15) is 0 Å². The number of nitrogens with zero attached hydrogens (tertiary/aromatic N) is 3. The highest BCUT2D eigenvalue weighted by Gasteiger charge is 2.21. The van der Waals surface area contributed by atoms with Gasteiger partial charge in [0.25, 0.3) is 5.56 Å². The summed E-state index contributed by atoms with van der Waals surface area (Å²) in [7, 11) is 0. The van der Waals surface area contributed by atoms with Crippen molar-refractivity contribution in [2.45, 2.75) is 56.9 Å². The summed E-state index contributed by atoms with van der Waals surface area (Å²) in [6.45, 7) is 5.94. The van der Waals surface area contributed by atoms with Crippen LogP contribution in [0.5, 0.6) is 0 Å². The van der Waals surface area contributed by atoms with Gasteiger partial charge in [-0.15, -0.1) is 10.2 Å². The predicted octanol–water partition coefficient (Wildman–Crippen LogP) is 2.65. The number of aromatic amines is 1. The number of hydrogen-bond donors (Lipinski definition) is 2. The quantitative estimate of drug-likeness (QED) is 0.549. The Labute approximate surface area is 148 Å². The molecule has 1 amide bonds. The van der Waals surface area contributed by atoms with Gasteiger partial charge in [0, 0.05) is 11.8 Å². The lowest BCUT2D eigenvalue weighted by Crippen LogP contribution is -2.25. The number of H-pyrrole nitrogens is 1. The van der Waals surface area contributed by atoms with Gasteiger partial charge in [-0.1, -0.05) is 50.3 Å². The molecule has 2 rings (SSSR count). The van der Waals surface area contributed by atoms with Crippen molar-refractivity contribution in [3.05, 3.63) is 27.1 Å². The van der Waals surface area contributed by atoms with Gasteiger partial charge >= 0.3 is 0 Å². The van der Waals surface area contributed by atoms with Crippen LogP contribution in [-0.4, -0.2) is 31.3 Å². The summed E-state index contributed by atoms with van der Waals surface area (Å²) >= 11 is 2.63. The molecule has 2 N–H and O–H groups in total. The van der Waals surface area contributed by atoms with Crippen LogP contribution < -0.4 is 10.9 Å². The van der Waals surface area contributed by atoms with Crippen LogP contribution in [0.2, 0.25) is 0 Å². The minimum atomic E-state index is -0.362. The first-order valence-corrected chi connectivity index (χ1v) is 9.65. The van der Waals surface area contributed by atoms with Crippen LogP contribution in [0.1, 0.15) is 44.3 Å². The second kappa shape index (κ2) is 8.93. The molecule has 0 bridgehead atoms. The maximum Gasteiger partial charge on any atom is 0.251 e. The summed E-state index contributed by atoms with van der Waals surface area (Å²) in [5.41, 5.74) is 0.554. The molecule has 0 saturated heterocycles. The summed E-state index contributed by atoms with van der Waals surface area (Å²) in [4.78, 5) is 31.3. The van der Waals surface area contributed by atoms with E-state index in [1.165, 1.54) is 29.2 Å². The average Bonchev–Trinajstić information content (AvgIpc) is 3.00. The Bertz CT molecular complexity index is 743. The van der Waals surface area contributed by atoms with Crippen LogP contribution >= 0.6 is 23.1 Å². The molecule has 0 aromatic carbocycles. The monoisotopic (exact) mass is 367 g/mol. The molecule has 7 nitrogen and oxygen atoms in total. The number of rotatable bonds is 8. The standard InChI is InChI=1S/C15H21N5O2S2/c1-4-7-9-8-11(21)17-14(16-9)23-10(5-2)13(22)18-15-20-19-12(6-3)24-15/h8,10H,4-7H2,1-3H3,(H,16,17,21)(H,18,20,22). The highest BCUT2D eigenvalue weighted by molar-refractivity contribution is 8.00. The van der Waals surface area contributed by atoms with Crippen molar-refractivity contribution in [1.82, 2.24) is 20.2 Å². The van der Waals surface area contributed by atoms with Gasteiger partial charge in [0.2, 0.25) is 11.0 Å². The van der Waals surface area contributed by atoms with E-state index in [9.17, 15) is 9.59 Å². The predicted molar refractivity (Wildman–Crippen MR) is 96.7 cm³/mol. The van der Waals surface area contributed by atoms with Gasteiger partial charge in [-0.25, -0.2) is 4.98 Å². The van der Waals surface area contributed by atoms with Crippen molar-refractivity contribution >= 4 is 34.1 Å². The van der Waals surface area contributed by atoms with E-state index >= 15 is 0 Å². The van der Waals surface area contributed by atoms with Crippen LogP contribution in [-0.2, 0) is 17.6 Å². The van der Waals surface area contributed by atoms with Crippen molar-refractivity contribution < 1.29 is 4.79 Å². The van der Waals surface area contributed by atoms with Crippen molar-refractivity contribution in [3.63, 3.8) is 0 Å². The molecular formula is C15H21N5O2S2. The Morgan fingerprint density at radius 2 is 2.17 bits per heavy atom. The van der Waals surface area contributed by atoms with Crippen LogP contribution in [0.4, 0.5) is 5.13 Å². The Balaban J connectivity index is 2.07. The van der Waals surface area contributed by atoms with E-state index in [-0.39, 0.29) is 16.7 Å². The summed E-state index contributed by atoms with van der Waals surface area (Å²) in [6, 6.07) is 1.50. The van der Waals surface area contributed by atoms with Gasteiger partial charge in [0.05, 0.1) is 5.25 Å². The third kappa shape index (κ3) is 5.13. The van der Waals surface area contributed by atoms with Crippen LogP contribution in [0.15, 0.2) is 16.0 Å². The van der Waals surface area contributed by atoms with E-state index in [1.54, 1.807) is 0 Å². The number of anilines is 1. The fourth-order valence-electron chi connectivity index (χ4n) is 2.01. The molecule has 130 valence electrons. The van der Waals surface area contributed by atoms with E-state index in [2.05, 4.69) is 25.5 Å². The second-order valence-corrected chi connectivity index (χ2v) is 7.40. The maximum absolute atomic E-state index is 12.4. The molecule has 9 heteroatoms. The second-order valence-electron chi connectivity index (χ2n) is 5.15. The lowest BCUT2D eigenvalue weighted by atomic mass is 10.2. The molecule has 2 aromatic rings. The van der Waals surface area contributed by atoms with E-state index in [0.717, 1.165) is 30.0 Å². The molecule has 1 unspecified atom stereocenters. The number of aromatic nitrogens is 4. The number of carbonyl (C=O) groups is 1. The fraction of sp³-hybridized carbons (Fsp3) is 0.533. The molecular weight excluding hydrogens is 346 g/mol. The van der Waals surface area contributed by atoms with Gasteiger partial charge in [-0.3, -0.25) is 14.9 Å². The largest absolute Gasteiger partial charge is 0.301 e. The van der Waals surface area contributed by atoms with Gasteiger partial charge in [0.1, 0.15) is 5.01 Å². The smallest absolute Gasteiger partial charge is 0.251 e. The molecule has 2 aromatic heterocycles. The van der Waals surface area contributed by atoms with E-state index in [1.807, 2.05) is 20.8 Å². The number of thioether (sulfide) groups is 1. The highest BCUT2D eigenvalue weighted by atomic mass is 32.2. The number of aryl methyl sites for hydroxylation is 2. The van der Waals surface area contributed by atoms with Gasteiger partial charge in [0.15, 0.2) is 5.16 Å². The minimum Gasteiger partial charge on any atom is -0.301 e.